The second-order valence-corrected chi connectivity index (χ2v) is 5.76. The maximum Gasteiger partial charge on any atom is 0.282 e. The summed E-state index contributed by atoms with van der Waals surface area (Å²) in [4.78, 5) is 8.06. The number of aromatic nitrogens is 3. The fourth-order valence-corrected chi connectivity index (χ4v) is 3.20. The summed E-state index contributed by atoms with van der Waals surface area (Å²) in [7, 11) is -3.89. The van der Waals surface area contributed by atoms with Crippen LogP contribution in [0.25, 0.3) is 5.65 Å². The van der Waals surface area contributed by atoms with E-state index in [1.807, 2.05) is 0 Å². The number of pyridine rings is 2. The molecule has 0 saturated heterocycles. The number of hydrazine groups is 1. The number of rotatable bonds is 4. The molecular formula is C12H12N6O2S. The average molecular weight is 304 g/mol. The van der Waals surface area contributed by atoms with Crippen LogP contribution in [0, 0.1) is 0 Å². The molecule has 0 radical (unpaired) electrons. The van der Waals surface area contributed by atoms with E-state index in [0.717, 1.165) is 0 Å². The number of anilines is 2. The first-order valence-electron chi connectivity index (χ1n) is 5.99. The largest absolute Gasteiger partial charge is 0.306 e. The third-order valence-corrected chi connectivity index (χ3v) is 4.16. The predicted octanol–water partition coefficient (Wildman–Crippen LogP) is 0.816. The van der Waals surface area contributed by atoms with Crippen molar-refractivity contribution < 1.29 is 8.42 Å². The van der Waals surface area contributed by atoms with Gasteiger partial charge in [-0.05, 0) is 24.3 Å². The van der Waals surface area contributed by atoms with E-state index < -0.39 is 10.0 Å². The van der Waals surface area contributed by atoms with Crippen molar-refractivity contribution in [2.24, 2.45) is 5.84 Å². The summed E-state index contributed by atoms with van der Waals surface area (Å²) in [6, 6.07) is 10.1. The van der Waals surface area contributed by atoms with Crippen LogP contribution in [0.15, 0.2) is 53.8 Å². The molecule has 0 aliphatic rings. The van der Waals surface area contributed by atoms with E-state index in [0.29, 0.717) is 5.65 Å². The first-order chi connectivity index (χ1) is 10.1. The second-order valence-electron chi connectivity index (χ2n) is 4.16. The zero-order valence-electron chi connectivity index (χ0n) is 10.8. The Morgan fingerprint density at radius 2 is 1.95 bits per heavy atom. The number of nitrogens with one attached hydrogen (secondary N) is 2. The van der Waals surface area contributed by atoms with Crippen molar-refractivity contribution in [1.82, 2.24) is 14.4 Å². The van der Waals surface area contributed by atoms with Gasteiger partial charge in [0.15, 0.2) is 5.82 Å². The van der Waals surface area contributed by atoms with Gasteiger partial charge in [0.25, 0.3) is 10.0 Å². The Labute approximate surface area is 120 Å². The Hall–Kier alpha value is -2.65. The summed E-state index contributed by atoms with van der Waals surface area (Å²) in [5.74, 6) is 5.64. The van der Waals surface area contributed by atoms with E-state index in [1.54, 1.807) is 42.6 Å². The van der Waals surface area contributed by atoms with Gasteiger partial charge in [-0.2, -0.15) is 8.42 Å². The van der Waals surface area contributed by atoms with Crippen LogP contribution in [0.5, 0.6) is 0 Å². The SMILES string of the molecule is NNc1nc2ccccn2c1S(=O)(=O)Nc1ccccn1. The smallest absolute Gasteiger partial charge is 0.282 e. The van der Waals surface area contributed by atoms with Crippen LogP contribution in [0.1, 0.15) is 0 Å². The number of fused-ring (bicyclic) bond motifs is 1. The van der Waals surface area contributed by atoms with Crippen LogP contribution in [-0.2, 0) is 10.0 Å². The number of nitrogens with two attached hydrogens (primary N) is 1. The molecule has 3 heterocycles. The fraction of sp³-hybridized carbons (Fsp3) is 0. The summed E-state index contributed by atoms with van der Waals surface area (Å²) in [6.07, 6.45) is 3.09. The van der Waals surface area contributed by atoms with E-state index in [-0.39, 0.29) is 16.7 Å². The van der Waals surface area contributed by atoms with Gasteiger partial charge in [0.05, 0.1) is 0 Å². The molecule has 0 fully saturated rings. The molecule has 3 rings (SSSR count). The molecule has 21 heavy (non-hydrogen) atoms. The normalized spacial score (nSPS) is 11.5. The second kappa shape index (κ2) is 5.04. The molecule has 9 heteroatoms. The molecule has 0 aliphatic carbocycles. The number of imidazole rings is 1. The molecule has 0 aromatic carbocycles. The van der Waals surface area contributed by atoms with Crippen molar-refractivity contribution in [1.29, 1.82) is 0 Å². The van der Waals surface area contributed by atoms with Crippen LogP contribution in [0.4, 0.5) is 11.6 Å². The lowest BCUT2D eigenvalue weighted by atomic mass is 10.5. The minimum Gasteiger partial charge on any atom is -0.306 e. The zero-order valence-corrected chi connectivity index (χ0v) is 11.6. The topological polar surface area (TPSA) is 114 Å². The van der Waals surface area contributed by atoms with Crippen LogP contribution >= 0.6 is 0 Å². The minimum absolute atomic E-state index is 0.0598. The Morgan fingerprint density at radius 1 is 1.14 bits per heavy atom. The third-order valence-electron chi connectivity index (χ3n) is 2.78. The summed E-state index contributed by atoms with van der Waals surface area (Å²) in [5.41, 5.74) is 2.77. The van der Waals surface area contributed by atoms with Gasteiger partial charge in [0.2, 0.25) is 5.03 Å². The van der Waals surface area contributed by atoms with E-state index >= 15 is 0 Å². The molecule has 3 aromatic heterocycles. The molecule has 0 atom stereocenters. The Balaban J connectivity index is 2.14. The molecule has 0 unspecified atom stereocenters. The van der Waals surface area contributed by atoms with Gasteiger partial charge in [-0.25, -0.2) is 15.8 Å². The highest BCUT2D eigenvalue weighted by atomic mass is 32.2. The number of sulfonamides is 1. The van der Waals surface area contributed by atoms with Crippen molar-refractivity contribution in [3.63, 3.8) is 0 Å². The van der Waals surface area contributed by atoms with E-state index in [2.05, 4.69) is 20.1 Å². The molecule has 3 aromatic rings. The standard InChI is InChI=1S/C12H12N6O2S/c13-16-11-12(18-8-4-2-6-10(18)15-11)21(19,20)17-9-5-1-3-7-14-9/h1-8,16H,13H2,(H,14,17). The quantitative estimate of drug-likeness (QED) is 0.485. The Bertz CT molecular complexity index is 875. The van der Waals surface area contributed by atoms with Gasteiger partial charge in [0, 0.05) is 12.4 Å². The lowest BCUT2D eigenvalue weighted by molar-refractivity contribution is 0.596. The first kappa shape index (κ1) is 13.3. The zero-order chi connectivity index (χ0) is 14.9. The van der Waals surface area contributed by atoms with Gasteiger partial charge in [-0.1, -0.05) is 12.1 Å². The highest BCUT2D eigenvalue weighted by molar-refractivity contribution is 7.92. The highest BCUT2D eigenvalue weighted by Crippen LogP contribution is 2.23. The number of hydrogen-bond acceptors (Lipinski definition) is 6. The molecule has 8 nitrogen and oxygen atoms in total. The Kier molecular flexibility index (Phi) is 3.20. The van der Waals surface area contributed by atoms with Crippen molar-refractivity contribution in [3.05, 3.63) is 48.8 Å². The molecule has 4 N–H and O–H groups in total. The minimum atomic E-state index is -3.89. The lowest BCUT2D eigenvalue weighted by Gasteiger charge is -2.08. The maximum absolute atomic E-state index is 12.5. The van der Waals surface area contributed by atoms with Gasteiger partial charge < -0.3 is 5.43 Å². The van der Waals surface area contributed by atoms with E-state index in [4.69, 9.17) is 5.84 Å². The summed E-state index contributed by atoms with van der Waals surface area (Å²) < 4.78 is 28.9. The number of nitrogens with zero attached hydrogens (tertiary/aromatic N) is 3. The van der Waals surface area contributed by atoms with Gasteiger partial charge in [-0.15, -0.1) is 0 Å². The molecule has 0 aliphatic heterocycles. The maximum atomic E-state index is 12.5. The summed E-state index contributed by atoms with van der Waals surface area (Å²) in [5, 5.41) is -0.0775. The number of hydrogen-bond donors (Lipinski definition) is 3. The Morgan fingerprint density at radius 3 is 2.67 bits per heavy atom. The van der Waals surface area contributed by atoms with Gasteiger partial charge in [-0.3, -0.25) is 9.12 Å². The van der Waals surface area contributed by atoms with Crippen LogP contribution in [-0.4, -0.2) is 22.8 Å². The molecule has 0 spiro atoms. The number of nitrogen functional groups attached to an aromatic ring is 1. The van der Waals surface area contributed by atoms with Gasteiger partial charge >= 0.3 is 0 Å². The van der Waals surface area contributed by atoms with E-state index in [1.165, 1.54) is 10.6 Å². The van der Waals surface area contributed by atoms with Crippen LogP contribution < -0.4 is 16.0 Å². The molecular weight excluding hydrogens is 292 g/mol. The highest BCUT2D eigenvalue weighted by Gasteiger charge is 2.25. The monoisotopic (exact) mass is 304 g/mol. The first-order valence-corrected chi connectivity index (χ1v) is 7.48. The fourth-order valence-electron chi connectivity index (χ4n) is 1.93. The molecule has 0 amide bonds. The van der Waals surface area contributed by atoms with Crippen LogP contribution in [0.2, 0.25) is 0 Å². The van der Waals surface area contributed by atoms with Crippen molar-refractivity contribution in [2.45, 2.75) is 5.03 Å². The van der Waals surface area contributed by atoms with Crippen molar-refractivity contribution in [3.8, 4) is 0 Å². The lowest BCUT2D eigenvalue weighted by Crippen LogP contribution is -2.19. The molecule has 0 bridgehead atoms. The average Bonchev–Trinajstić information content (AvgIpc) is 2.87. The summed E-state index contributed by atoms with van der Waals surface area (Å²) in [6.45, 7) is 0. The third kappa shape index (κ3) is 2.39. The van der Waals surface area contributed by atoms with Crippen molar-refractivity contribution in [2.75, 3.05) is 10.1 Å². The van der Waals surface area contributed by atoms with Gasteiger partial charge in [0.1, 0.15) is 11.5 Å². The molecule has 108 valence electrons. The summed E-state index contributed by atoms with van der Waals surface area (Å²) >= 11 is 0. The van der Waals surface area contributed by atoms with E-state index in [9.17, 15) is 8.42 Å². The van der Waals surface area contributed by atoms with Crippen LogP contribution in [0.3, 0.4) is 0 Å². The molecule has 0 saturated carbocycles. The van der Waals surface area contributed by atoms with Crippen molar-refractivity contribution >= 4 is 27.3 Å². The predicted molar refractivity (Wildman–Crippen MR) is 78.0 cm³/mol.